The number of nitrogen functional groups attached to an aromatic ring is 1. The number of nitrogens with zero attached hydrogens (tertiary/aromatic N) is 2. The van der Waals surface area contributed by atoms with E-state index in [0.29, 0.717) is 18.9 Å². The molecule has 0 bridgehead atoms. The van der Waals surface area contributed by atoms with Crippen LogP contribution in [0.1, 0.15) is 23.3 Å². The summed E-state index contributed by atoms with van der Waals surface area (Å²) < 4.78 is 22.4. The molecule has 6 rings (SSSR count). The Bertz CT molecular complexity index is 1330. The van der Waals surface area contributed by atoms with Crippen molar-refractivity contribution in [1.29, 1.82) is 0 Å². The number of anilines is 3. The Balaban J connectivity index is 0.000000182. The number of ether oxygens (including phenoxy) is 4. The largest absolute Gasteiger partial charge is 0.486 e. The number of benzene rings is 2. The molecule has 2 aliphatic heterocycles. The first-order valence-corrected chi connectivity index (χ1v) is 13.3. The van der Waals surface area contributed by atoms with Crippen LogP contribution < -0.4 is 20.5 Å². The molecule has 2 saturated heterocycles. The standard InChI is InChI=1S/C18H19N3O2S.C10H13NO2/c1-11-12(2)24-18-16(11)17(19-10-20-18)21-14-5-3-4-6-15(14)23-13-7-8-22-9-13;11-9-3-1-2-4-10(9)13-8-5-6-12-7-8/h3-6,10,13H,7-9H2,1-2H3,(H,19,20,21);1-4,8H,5-7,11H2. The van der Waals surface area contributed by atoms with Gasteiger partial charge in [-0.1, -0.05) is 24.3 Å². The van der Waals surface area contributed by atoms with Crippen LogP contribution in [0.5, 0.6) is 11.5 Å². The first-order valence-electron chi connectivity index (χ1n) is 12.5. The maximum atomic E-state index is 6.10. The molecule has 0 spiro atoms. The van der Waals surface area contributed by atoms with Gasteiger partial charge < -0.3 is 30.0 Å². The van der Waals surface area contributed by atoms with Crippen LogP contribution in [0, 0.1) is 13.8 Å². The Hall–Kier alpha value is -3.40. The van der Waals surface area contributed by atoms with Gasteiger partial charge in [0.1, 0.15) is 40.7 Å². The zero-order valence-corrected chi connectivity index (χ0v) is 21.9. The molecule has 0 aliphatic carbocycles. The predicted octanol–water partition coefficient (Wildman–Crippen LogP) is 5.66. The van der Waals surface area contributed by atoms with Crippen LogP contribution in [0.2, 0.25) is 0 Å². The third-order valence-corrected chi connectivity index (χ3v) is 7.50. The molecule has 0 radical (unpaired) electrons. The highest BCUT2D eigenvalue weighted by Gasteiger charge is 2.20. The molecule has 3 N–H and O–H groups in total. The topological polar surface area (TPSA) is 101 Å². The van der Waals surface area contributed by atoms with Gasteiger partial charge in [-0.15, -0.1) is 11.3 Å². The summed E-state index contributed by atoms with van der Waals surface area (Å²) in [6, 6.07) is 15.5. The van der Waals surface area contributed by atoms with E-state index in [9.17, 15) is 0 Å². The van der Waals surface area contributed by atoms with Crippen molar-refractivity contribution in [2.75, 3.05) is 37.5 Å². The van der Waals surface area contributed by atoms with E-state index < -0.39 is 0 Å². The number of fused-ring (bicyclic) bond motifs is 1. The summed E-state index contributed by atoms with van der Waals surface area (Å²) in [7, 11) is 0. The highest BCUT2D eigenvalue weighted by molar-refractivity contribution is 7.18. The first kappa shape index (κ1) is 25.3. The van der Waals surface area contributed by atoms with Gasteiger partial charge in [0.05, 0.1) is 43.2 Å². The number of nitrogens with two attached hydrogens (primary N) is 1. The van der Waals surface area contributed by atoms with Crippen LogP contribution in [0.15, 0.2) is 54.9 Å². The highest BCUT2D eigenvalue weighted by atomic mass is 32.1. The molecule has 2 atom stereocenters. The third kappa shape index (κ3) is 6.12. The summed E-state index contributed by atoms with van der Waals surface area (Å²) in [6.07, 6.45) is 3.77. The van der Waals surface area contributed by atoms with Crippen molar-refractivity contribution < 1.29 is 18.9 Å². The molecule has 2 aromatic carbocycles. The lowest BCUT2D eigenvalue weighted by Crippen LogP contribution is -2.16. The van der Waals surface area contributed by atoms with Gasteiger partial charge in [-0.2, -0.15) is 0 Å². The van der Waals surface area contributed by atoms with E-state index in [1.165, 1.54) is 10.4 Å². The van der Waals surface area contributed by atoms with Crippen molar-refractivity contribution in [3.05, 3.63) is 65.3 Å². The Morgan fingerprint density at radius 3 is 2.22 bits per heavy atom. The third-order valence-electron chi connectivity index (χ3n) is 6.39. The fourth-order valence-corrected chi connectivity index (χ4v) is 5.23. The smallest absolute Gasteiger partial charge is 0.143 e. The lowest BCUT2D eigenvalue weighted by molar-refractivity contribution is 0.142. The number of aromatic nitrogens is 2. The molecule has 194 valence electrons. The number of hydrogen-bond acceptors (Lipinski definition) is 9. The molecule has 0 saturated carbocycles. The van der Waals surface area contributed by atoms with Gasteiger partial charge in [0.25, 0.3) is 0 Å². The molecule has 2 fully saturated rings. The highest BCUT2D eigenvalue weighted by Crippen LogP contribution is 2.36. The van der Waals surface area contributed by atoms with Crippen molar-refractivity contribution in [1.82, 2.24) is 9.97 Å². The van der Waals surface area contributed by atoms with Crippen molar-refractivity contribution in [3.8, 4) is 11.5 Å². The summed E-state index contributed by atoms with van der Waals surface area (Å²) in [5.41, 5.74) is 8.55. The minimum atomic E-state index is 0.114. The summed E-state index contributed by atoms with van der Waals surface area (Å²) in [5, 5.41) is 4.52. The van der Waals surface area contributed by atoms with Gasteiger partial charge in [-0.25, -0.2) is 9.97 Å². The van der Waals surface area contributed by atoms with Crippen LogP contribution in [0.3, 0.4) is 0 Å². The average Bonchev–Trinajstić information content (AvgIpc) is 3.66. The van der Waals surface area contributed by atoms with Gasteiger partial charge in [-0.3, -0.25) is 0 Å². The van der Waals surface area contributed by atoms with E-state index in [1.807, 2.05) is 48.5 Å². The van der Waals surface area contributed by atoms with Crippen LogP contribution in [0.25, 0.3) is 10.2 Å². The molecule has 2 aromatic heterocycles. The molecule has 2 aliphatic rings. The lowest BCUT2D eigenvalue weighted by Gasteiger charge is -2.16. The second-order valence-corrected chi connectivity index (χ2v) is 10.3. The van der Waals surface area contributed by atoms with Crippen molar-refractivity contribution in [2.45, 2.75) is 38.9 Å². The second-order valence-electron chi connectivity index (χ2n) is 9.05. The molecular weight excluding hydrogens is 488 g/mol. The molecular formula is C28H32N4O4S. The molecule has 4 aromatic rings. The monoisotopic (exact) mass is 520 g/mol. The fraction of sp³-hybridized carbons (Fsp3) is 0.357. The normalized spacial score (nSPS) is 18.9. The van der Waals surface area contributed by atoms with Gasteiger partial charge in [0.15, 0.2) is 0 Å². The van der Waals surface area contributed by atoms with Crippen molar-refractivity contribution in [2.24, 2.45) is 0 Å². The fourth-order valence-electron chi connectivity index (χ4n) is 4.24. The molecule has 9 heteroatoms. The number of aryl methyl sites for hydroxylation is 2. The van der Waals surface area contributed by atoms with E-state index in [4.69, 9.17) is 24.7 Å². The zero-order chi connectivity index (χ0) is 25.6. The van der Waals surface area contributed by atoms with E-state index in [-0.39, 0.29) is 12.2 Å². The molecule has 0 amide bonds. The Labute approximate surface area is 220 Å². The van der Waals surface area contributed by atoms with Gasteiger partial charge in [0.2, 0.25) is 0 Å². The number of hydrogen-bond donors (Lipinski definition) is 2. The van der Waals surface area contributed by atoms with E-state index in [0.717, 1.165) is 59.3 Å². The van der Waals surface area contributed by atoms with E-state index >= 15 is 0 Å². The van der Waals surface area contributed by atoms with Gasteiger partial charge >= 0.3 is 0 Å². The maximum Gasteiger partial charge on any atom is 0.143 e. The Morgan fingerprint density at radius 1 is 0.892 bits per heavy atom. The number of thiophene rings is 1. The summed E-state index contributed by atoms with van der Waals surface area (Å²) in [4.78, 5) is 11.1. The SMILES string of the molecule is Cc1sc2ncnc(Nc3ccccc3OC3CCOC3)c2c1C.Nc1ccccc1OC1CCOC1. The van der Waals surface area contributed by atoms with Crippen LogP contribution >= 0.6 is 11.3 Å². The summed E-state index contributed by atoms with van der Waals surface area (Å²) in [6.45, 7) is 7.10. The lowest BCUT2D eigenvalue weighted by atomic mass is 10.2. The first-order chi connectivity index (χ1) is 18.1. The van der Waals surface area contributed by atoms with Crippen molar-refractivity contribution >= 4 is 38.7 Å². The summed E-state index contributed by atoms with van der Waals surface area (Å²) in [5.74, 6) is 2.41. The number of nitrogens with one attached hydrogen (secondary N) is 1. The average molecular weight is 521 g/mol. The minimum absolute atomic E-state index is 0.114. The van der Waals surface area contributed by atoms with Crippen LogP contribution in [-0.2, 0) is 9.47 Å². The Morgan fingerprint density at radius 2 is 1.54 bits per heavy atom. The quantitative estimate of drug-likeness (QED) is 0.314. The Kier molecular flexibility index (Phi) is 8.03. The number of para-hydroxylation sites is 4. The molecule has 37 heavy (non-hydrogen) atoms. The van der Waals surface area contributed by atoms with E-state index in [2.05, 4.69) is 29.1 Å². The van der Waals surface area contributed by atoms with Gasteiger partial charge in [-0.05, 0) is 43.7 Å². The van der Waals surface area contributed by atoms with Crippen LogP contribution in [0.4, 0.5) is 17.2 Å². The minimum Gasteiger partial charge on any atom is -0.486 e. The van der Waals surface area contributed by atoms with E-state index in [1.54, 1.807) is 17.7 Å². The second kappa shape index (κ2) is 11.8. The maximum absolute atomic E-state index is 6.10. The predicted molar refractivity (Wildman–Crippen MR) is 147 cm³/mol. The van der Waals surface area contributed by atoms with Crippen LogP contribution in [-0.4, -0.2) is 48.6 Å². The van der Waals surface area contributed by atoms with Crippen molar-refractivity contribution in [3.63, 3.8) is 0 Å². The molecule has 8 nitrogen and oxygen atoms in total. The zero-order valence-electron chi connectivity index (χ0n) is 21.1. The number of rotatable bonds is 6. The molecule has 4 heterocycles. The molecule has 2 unspecified atom stereocenters. The summed E-state index contributed by atoms with van der Waals surface area (Å²) >= 11 is 1.69. The van der Waals surface area contributed by atoms with Gasteiger partial charge in [0, 0.05) is 17.7 Å².